The van der Waals surface area contributed by atoms with Crippen molar-refractivity contribution in [2.24, 2.45) is 5.92 Å². The molecule has 0 bridgehead atoms. The quantitative estimate of drug-likeness (QED) is 0.700. The molecule has 1 heterocycles. The van der Waals surface area contributed by atoms with Crippen LogP contribution in [0.3, 0.4) is 0 Å². The molecule has 9 heteroatoms. The van der Waals surface area contributed by atoms with Gasteiger partial charge in [0.1, 0.15) is 5.69 Å². The third-order valence-electron chi connectivity index (χ3n) is 4.41. The zero-order valence-electron chi connectivity index (χ0n) is 16.4. The SMILES string of the molecule is CCC(CC)CN(c1ccc(C#N)cc1)c1nc(C(=O)NS(C)(=O)=O)c(C)s1. The highest BCUT2D eigenvalue weighted by atomic mass is 32.2. The van der Waals surface area contributed by atoms with Crippen LogP contribution in [0.25, 0.3) is 0 Å². The van der Waals surface area contributed by atoms with E-state index < -0.39 is 15.9 Å². The number of hydrogen-bond donors (Lipinski definition) is 1. The molecular weight excluding hydrogens is 396 g/mol. The van der Waals surface area contributed by atoms with E-state index in [4.69, 9.17) is 5.26 Å². The number of amides is 1. The first kappa shape index (κ1) is 21.9. The van der Waals surface area contributed by atoms with Crippen LogP contribution in [0.5, 0.6) is 0 Å². The van der Waals surface area contributed by atoms with Crippen molar-refractivity contribution in [3.63, 3.8) is 0 Å². The van der Waals surface area contributed by atoms with Crippen LogP contribution in [0.1, 0.15) is 47.6 Å². The molecule has 0 aliphatic rings. The summed E-state index contributed by atoms with van der Waals surface area (Å²) in [5.74, 6) is -0.307. The van der Waals surface area contributed by atoms with Crippen LogP contribution in [0.4, 0.5) is 10.8 Å². The standard InChI is InChI=1S/C19H24N4O3S2/c1-5-14(6-2)12-23(16-9-7-15(11-20)8-10-16)19-21-17(13(3)27-19)18(24)22-28(4,25)26/h7-10,14H,5-6,12H2,1-4H3,(H,22,24). The molecule has 1 N–H and O–H groups in total. The Bertz CT molecular complexity index is 972. The van der Waals surface area contributed by atoms with Gasteiger partial charge in [-0.15, -0.1) is 11.3 Å². The molecule has 0 radical (unpaired) electrons. The van der Waals surface area contributed by atoms with Gasteiger partial charge in [0, 0.05) is 17.1 Å². The largest absolute Gasteiger partial charge is 0.318 e. The van der Waals surface area contributed by atoms with E-state index in [9.17, 15) is 13.2 Å². The fraction of sp³-hybridized carbons (Fsp3) is 0.421. The summed E-state index contributed by atoms with van der Waals surface area (Å²) < 4.78 is 24.7. The van der Waals surface area contributed by atoms with E-state index in [1.54, 1.807) is 19.1 Å². The summed E-state index contributed by atoms with van der Waals surface area (Å²) >= 11 is 1.34. The summed E-state index contributed by atoms with van der Waals surface area (Å²) in [5, 5.41) is 9.65. The highest BCUT2D eigenvalue weighted by Gasteiger charge is 2.23. The van der Waals surface area contributed by atoms with Crippen molar-refractivity contribution in [1.82, 2.24) is 9.71 Å². The summed E-state index contributed by atoms with van der Waals surface area (Å²) in [6.45, 7) is 6.71. The van der Waals surface area contributed by atoms with Crippen LogP contribution in [-0.4, -0.2) is 32.1 Å². The summed E-state index contributed by atoms with van der Waals surface area (Å²) in [4.78, 5) is 19.4. The first-order chi connectivity index (χ1) is 13.2. The Labute approximate surface area is 170 Å². The second kappa shape index (κ2) is 9.17. The van der Waals surface area contributed by atoms with Gasteiger partial charge in [-0.25, -0.2) is 18.1 Å². The van der Waals surface area contributed by atoms with E-state index in [-0.39, 0.29) is 5.69 Å². The van der Waals surface area contributed by atoms with Crippen molar-refractivity contribution in [1.29, 1.82) is 5.26 Å². The van der Waals surface area contributed by atoms with Crippen LogP contribution < -0.4 is 9.62 Å². The number of carbonyl (C=O) groups excluding carboxylic acids is 1. The Kier molecular flexibility index (Phi) is 7.16. The summed E-state index contributed by atoms with van der Waals surface area (Å²) in [6.07, 6.45) is 2.92. The third-order valence-corrected chi connectivity index (χ3v) is 5.96. The number of nitrogens with one attached hydrogen (secondary N) is 1. The Morgan fingerprint density at radius 3 is 2.39 bits per heavy atom. The number of carbonyl (C=O) groups is 1. The molecule has 0 fully saturated rings. The molecule has 0 spiro atoms. The molecule has 0 aliphatic carbocycles. The average Bonchev–Trinajstić information content (AvgIpc) is 3.03. The van der Waals surface area contributed by atoms with Crippen molar-refractivity contribution in [3.8, 4) is 6.07 Å². The highest BCUT2D eigenvalue weighted by molar-refractivity contribution is 7.89. The number of aryl methyl sites for hydroxylation is 1. The van der Waals surface area contributed by atoms with Gasteiger partial charge in [0.25, 0.3) is 5.91 Å². The number of hydrogen-bond acceptors (Lipinski definition) is 7. The third kappa shape index (κ3) is 5.53. The maximum absolute atomic E-state index is 12.3. The van der Waals surface area contributed by atoms with Crippen LogP contribution >= 0.6 is 11.3 Å². The fourth-order valence-corrected chi connectivity index (χ4v) is 4.11. The van der Waals surface area contributed by atoms with E-state index in [0.29, 0.717) is 28.0 Å². The molecule has 1 amide bonds. The molecule has 150 valence electrons. The van der Waals surface area contributed by atoms with Crippen molar-refractivity contribution in [2.75, 3.05) is 17.7 Å². The molecule has 2 aromatic rings. The van der Waals surface area contributed by atoms with E-state index in [0.717, 1.165) is 24.8 Å². The predicted molar refractivity (Wildman–Crippen MR) is 111 cm³/mol. The Balaban J connectivity index is 2.44. The normalized spacial score (nSPS) is 11.3. The number of nitrogens with zero attached hydrogens (tertiary/aromatic N) is 3. The number of rotatable bonds is 8. The lowest BCUT2D eigenvalue weighted by Crippen LogP contribution is -2.30. The predicted octanol–water partition coefficient (Wildman–Crippen LogP) is 3.59. The second-order valence-electron chi connectivity index (χ2n) is 6.56. The number of sulfonamides is 1. The van der Waals surface area contributed by atoms with Gasteiger partial charge in [0.2, 0.25) is 10.0 Å². The first-order valence-electron chi connectivity index (χ1n) is 8.95. The van der Waals surface area contributed by atoms with E-state index in [2.05, 4.69) is 24.9 Å². The summed E-state index contributed by atoms with van der Waals surface area (Å²) in [7, 11) is -3.67. The topological polar surface area (TPSA) is 103 Å². The fourth-order valence-electron chi connectivity index (χ4n) is 2.74. The van der Waals surface area contributed by atoms with Crippen molar-refractivity contribution >= 4 is 38.1 Å². The minimum Gasteiger partial charge on any atom is -0.318 e. The van der Waals surface area contributed by atoms with Gasteiger partial charge < -0.3 is 4.90 Å². The van der Waals surface area contributed by atoms with Crippen LogP contribution in [-0.2, 0) is 10.0 Å². The number of aromatic nitrogens is 1. The maximum atomic E-state index is 12.3. The van der Waals surface area contributed by atoms with Crippen molar-refractivity contribution < 1.29 is 13.2 Å². The van der Waals surface area contributed by atoms with Gasteiger partial charge in [-0.1, -0.05) is 26.7 Å². The van der Waals surface area contributed by atoms with Gasteiger partial charge in [0.15, 0.2) is 5.13 Å². The average molecular weight is 421 g/mol. The van der Waals surface area contributed by atoms with Crippen molar-refractivity contribution in [2.45, 2.75) is 33.6 Å². The number of anilines is 2. The van der Waals surface area contributed by atoms with Crippen LogP contribution in [0, 0.1) is 24.2 Å². The lowest BCUT2D eigenvalue weighted by atomic mass is 10.0. The number of benzene rings is 1. The Hall–Kier alpha value is -2.44. The first-order valence-corrected chi connectivity index (χ1v) is 11.7. The van der Waals surface area contributed by atoms with E-state index >= 15 is 0 Å². The maximum Gasteiger partial charge on any atom is 0.284 e. The summed E-state index contributed by atoms with van der Waals surface area (Å²) in [5.41, 5.74) is 1.54. The van der Waals surface area contributed by atoms with E-state index in [1.807, 2.05) is 21.8 Å². The van der Waals surface area contributed by atoms with E-state index in [1.165, 1.54) is 11.3 Å². The molecule has 0 atom stereocenters. The minimum absolute atomic E-state index is 0.105. The second-order valence-corrected chi connectivity index (χ2v) is 9.49. The molecule has 0 saturated heterocycles. The zero-order chi connectivity index (χ0) is 20.9. The van der Waals surface area contributed by atoms with Gasteiger partial charge in [0.05, 0.1) is 17.9 Å². The number of thiazole rings is 1. The molecule has 2 rings (SSSR count). The van der Waals surface area contributed by atoms with Gasteiger partial charge in [-0.3, -0.25) is 4.79 Å². The molecule has 1 aromatic carbocycles. The van der Waals surface area contributed by atoms with Crippen molar-refractivity contribution in [3.05, 3.63) is 40.4 Å². The molecular formula is C19H24N4O3S2. The van der Waals surface area contributed by atoms with Gasteiger partial charge in [-0.05, 0) is 37.1 Å². The zero-order valence-corrected chi connectivity index (χ0v) is 18.0. The lowest BCUT2D eigenvalue weighted by Gasteiger charge is -2.26. The van der Waals surface area contributed by atoms with Crippen LogP contribution in [0.15, 0.2) is 24.3 Å². The van der Waals surface area contributed by atoms with Crippen LogP contribution in [0.2, 0.25) is 0 Å². The number of nitriles is 1. The molecule has 0 aliphatic heterocycles. The molecule has 28 heavy (non-hydrogen) atoms. The lowest BCUT2D eigenvalue weighted by molar-refractivity contribution is 0.0977. The Morgan fingerprint density at radius 2 is 1.89 bits per heavy atom. The molecule has 1 aromatic heterocycles. The van der Waals surface area contributed by atoms with Gasteiger partial charge >= 0.3 is 0 Å². The molecule has 0 unspecified atom stereocenters. The highest BCUT2D eigenvalue weighted by Crippen LogP contribution is 2.33. The minimum atomic E-state index is -3.67. The Morgan fingerprint density at radius 1 is 1.29 bits per heavy atom. The molecule has 7 nitrogen and oxygen atoms in total. The molecule has 0 saturated carbocycles. The monoisotopic (exact) mass is 420 g/mol. The van der Waals surface area contributed by atoms with Gasteiger partial charge in [-0.2, -0.15) is 5.26 Å². The summed E-state index contributed by atoms with van der Waals surface area (Å²) in [6, 6.07) is 9.30. The smallest absolute Gasteiger partial charge is 0.284 e.